The number of hydrogen-bond donors (Lipinski definition) is 2. The van der Waals surface area contributed by atoms with Crippen LogP contribution in [-0.4, -0.2) is 17.2 Å². The summed E-state index contributed by atoms with van der Waals surface area (Å²) in [7, 11) is 1.88. The minimum Gasteiger partial charge on any atom is -0.371 e. The lowest BCUT2D eigenvalue weighted by molar-refractivity contribution is 1.11. The molecule has 0 atom stereocenters. The molecule has 0 unspecified atom stereocenters. The van der Waals surface area contributed by atoms with Crippen molar-refractivity contribution in [3.05, 3.63) is 23.3 Å². The number of benzene rings is 1. The van der Waals surface area contributed by atoms with E-state index >= 15 is 0 Å². The van der Waals surface area contributed by atoms with Gasteiger partial charge in [-0.3, -0.25) is 5.10 Å². The minimum atomic E-state index is 0.915. The first-order chi connectivity index (χ1) is 6.24. The van der Waals surface area contributed by atoms with Gasteiger partial charge in [0.05, 0.1) is 5.52 Å². The number of aryl methyl sites for hydroxylation is 2. The molecule has 2 rings (SSSR count). The summed E-state index contributed by atoms with van der Waals surface area (Å²) >= 11 is 0. The third-order valence-electron chi connectivity index (χ3n) is 2.51. The largest absolute Gasteiger partial charge is 0.371 e. The molecular weight excluding hydrogens is 162 g/mol. The molecule has 3 heteroatoms. The Morgan fingerprint density at radius 2 is 2.08 bits per heavy atom. The van der Waals surface area contributed by atoms with Gasteiger partial charge in [-0.05, 0) is 31.0 Å². The Bertz CT molecular complexity index is 443. The van der Waals surface area contributed by atoms with Crippen molar-refractivity contribution in [1.82, 2.24) is 10.2 Å². The maximum Gasteiger partial charge on any atom is 0.155 e. The molecule has 0 aliphatic carbocycles. The summed E-state index contributed by atoms with van der Waals surface area (Å²) in [5.41, 5.74) is 3.69. The van der Waals surface area contributed by atoms with Gasteiger partial charge in [-0.2, -0.15) is 5.10 Å². The van der Waals surface area contributed by atoms with Crippen molar-refractivity contribution in [2.75, 3.05) is 12.4 Å². The highest BCUT2D eigenvalue weighted by atomic mass is 15.2. The topological polar surface area (TPSA) is 40.7 Å². The normalized spacial score (nSPS) is 10.7. The summed E-state index contributed by atoms with van der Waals surface area (Å²) in [5.74, 6) is 0.915. The number of fused-ring (bicyclic) bond motifs is 1. The second-order valence-corrected chi connectivity index (χ2v) is 3.25. The fourth-order valence-electron chi connectivity index (χ4n) is 1.52. The predicted molar refractivity (Wildman–Crippen MR) is 55.1 cm³/mol. The highest BCUT2D eigenvalue weighted by Crippen LogP contribution is 2.24. The van der Waals surface area contributed by atoms with Crippen molar-refractivity contribution in [2.24, 2.45) is 0 Å². The van der Waals surface area contributed by atoms with Gasteiger partial charge < -0.3 is 5.32 Å². The van der Waals surface area contributed by atoms with Gasteiger partial charge in [-0.1, -0.05) is 6.07 Å². The van der Waals surface area contributed by atoms with E-state index in [1.165, 1.54) is 11.1 Å². The smallest absolute Gasteiger partial charge is 0.155 e. The molecule has 0 bridgehead atoms. The molecule has 68 valence electrons. The molecule has 0 aliphatic rings. The van der Waals surface area contributed by atoms with Crippen molar-refractivity contribution in [3.8, 4) is 0 Å². The zero-order valence-electron chi connectivity index (χ0n) is 8.10. The Kier molecular flexibility index (Phi) is 1.72. The van der Waals surface area contributed by atoms with Gasteiger partial charge in [0.25, 0.3) is 0 Å². The average molecular weight is 175 g/mol. The predicted octanol–water partition coefficient (Wildman–Crippen LogP) is 2.22. The van der Waals surface area contributed by atoms with Crippen LogP contribution in [-0.2, 0) is 0 Å². The summed E-state index contributed by atoms with van der Waals surface area (Å²) in [5, 5.41) is 11.4. The summed E-state index contributed by atoms with van der Waals surface area (Å²) in [4.78, 5) is 0. The summed E-state index contributed by atoms with van der Waals surface area (Å²) in [6, 6.07) is 4.21. The highest BCUT2D eigenvalue weighted by Gasteiger charge is 2.06. The lowest BCUT2D eigenvalue weighted by atomic mass is 10.1. The number of aromatic amines is 1. The zero-order valence-corrected chi connectivity index (χ0v) is 8.10. The molecule has 1 aromatic heterocycles. The summed E-state index contributed by atoms with van der Waals surface area (Å²) in [6.07, 6.45) is 0. The van der Waals surface area contributed by atoms with Crippen molar-refractivity contribution in [2.45, 2.75) is 13.8 Å². The lowest BCUT2D eigenvalue weighted by Gasteiger charge is -2.00. The summed E-state index contributed by atoms with van der Waals surface area (Å²) in [6.45, 7) is 4.21. The number of hydrogen-bond acceptors (Lipinski definition) is 2. The van der Waals surface area contributed by atoms with E-state index in [1.807, 2.05) is 7.05 Å². The van der Waals surface area contributed by atoms with Gasteiger partial charge in [0.15, 0.2) is 5.82 Å². The molecule has 0 amide bonds. The molecular formula is C10H13N3. The number of H-pyrrole nitrogens is 1. The molecule has 2 aromatic rings. The van der Waals surface area contributed by atoms with Crippen molar-refractivity contribution >= 4 is 16.7 Å². The first-order valence-electron chi connectivity index (χ1n) is 4.36. The molecule has 0 aliphatic heterocycles. The van der Waals surface area contributed by atoms with Gasteiger partial charge in [0.2, 0.25) is 0 Å². The standard InChI is InChI=1S/C10H13N3/c1-6-4-5-8-9(7(6)2)12-13-10(8)11-3/h4-5H,1-3H3,(H2,11,12,13). The molecule has 0 fully saturated rings. The molecule has 2 N–H and O–H groups in total. The molecule has 0 spiro atoms. The third kappa shape index (κ3) is 1.08. The fraction of sp³-hybridized carbons (Fsp3) is 0.300. The van der Waals surface area contributed by atoms with Gasteiger partial charge in [0.1, 0.15) is 0 Å². The molecule has 13 heavy (non-hydrogen) atoms. The Morgan fingerprint density at radius 1 is 1.31 bits per heavy atom. The van der Waals surface area contributed by atoms with Crippen molar-refractivity contribution in [3.63, 3.8) is 0 Å². The second kappa shape index (κ2) is 2.76. The van der Waals surface area contributed by atoms with Crippen LogP contribution in [0.5, 0.6) is 0 Å². The lowest BCUT2D eigenvalue weighted by Crippen LogP contribution is -1.87. The van der Waals surface area contributed by atoms with E-state index in [9.17, 15) is 0 Å². The van der Waals surface area contributed by atoms with Gasteiger partial charge in [-0.25, -0.2) is 0 Å². The third-order valence-corrected chi connectivity index (χ3v) is 2.51. The number of nitrogens with one attached hydrogen (secondary N) is 2. The molecule has 1 heterocycles. The van der Waals surface area contributed by atoms with Gasteiger partial charge in [0, 0.05) is 12.4 Å². The van der Waals surface area contributed by atoms with Crippen LogP contribution < -0.4 is 5.32 Å². The molecule has 0 saturated carbocycles. The van der Waals surface area contributed by atoms with E-state index in [0.29, 0.717) is 0 Å². The number of nitrogens with zero attached hydrogens (tertiary/aromatic N) is 1. The van der Waals surface area contributed by atoms with Crippen LogP contribution in [0.2, 0.25) is 0 Å². The number of aromatic nitrogens is 2. The minimum absolute atomic E-state index is 0.915. The van der Waals surface area contributed by atoms with E-state index in [1.54, 1.807) is 0 Å². The van der Waals surface area contributed by atoms with E-state index in [4.69, 9.17) is 0 Å². The SMILES string of the molecule is CNc1n[nH]c2c(C)c(C)ccc12. The fourth-order valence-corrected chi connectivity index (χ4v) is 1.52. The van der Waals surface area contributed by atoms with Crippen LogP contribution in [0.15, 0.2) is 12.1 Å². The van der Waals surface area contributed by atoms with Crippen LogP contribution in [0.25, 0.3) is 10.9 Å². The quantitative estimate of drug-likeness (QED) is 0.697. The molecule has 0 saturated heterocycles. The van der Waals surface area contributed by atoms with E-state index in [2.05, 4.69) is 41.5 Å². The Labute approximate surface area is 77.2 Å². The van der Waals surface area contributed by atoms with Crippen LogP contribution >= 0.6 is 0 Å². The van der Waals surface area contributed by atoms with Crippen LogP contribution in [0.3, 0.4) is 0 Å². The first kappa shape index (κ1) is 8.10. The van der Waals surface area contributed by atoms with E-state index < -0.39 is 0 Å². The van der Waals surface area contributed by atoms with Gasteiger partial charge in [-0.15, -0.1) is 0 Å². The van der Waals surface area contributed by atoms with Crippen LogP contribution in [0, 0.1) is 13.8 Å². The van der Waals surface area contributed by atoms with Crippen LogP contribution in [0.1, 0.15) is 11.1 Å². The molecule has 1 aromatic carbocycles. The summed E-state index contributed by atoms with van der Waals surface area (Å²) < 4.78 is 0. The first-order valence-corrected chi connectivity index (χ1v) is 4.36. The van der Waals surface area contributed by atoms with Crippen LogP contribution in [0.4, 0.5) is 5.82 Å². The highest BCUT2D eigenvalue weighted by molar-refractivity contribution is 5.92. The van der Waals surface area contributed by atoms with Gasteiger partial charge >= 0.3 is 0 Å². The van der Waals surface area contributed by atoms with E-state index in [-0.39, 0.29) is 0 Å². The Balaban J connectivity index is 2.81. The monoisotopic (exact) mass is 175 g/mol. The zero-order chi connectivity index (χ0) is 9.42. The number of anilines is 1. The molecule has 0 radical (unpaired) electrons. The van der Waals surface area contributed by atoms with E-state index in [0.717, 1.165) is 16.7 Å². The Morgan fingerprint density at radius 3 is 2.77 bits per heavy atom. The van der Waals surface area contributed by atoms with Crippen molar-refractivity contribution < 1.29 is 0 Å². The maximum absolute atomic E-state index is 4.18. The average Bonchev–Trinajstić information content (AvgIpc) is 2.55. The second-order valence-electron chi connectivity index (χ2n) is 3.25. The maximum atomic E-state index is 4.18. The Hall–Kier alpha value is -1.51. The molecule has 3 nitrogen and oxygen atoms in total. The number of rotatable bonds is 1. The van der Waals surface area contributed by atoms with Crippen molar-refractivity contribution in [1.29, 1.82) is 0 Å².